The number of H-pyrrole nitrogens is 1. The molecule has 5 aromatic rings. The molecule has 1 amide bonds. The zero-order chi connectivity index (χ0) is 22.1. The molecule has 160 valence electrons. The quantitative estimate of drug-likeness (QED) is 0.360. The number of carbonyl (C=O) groups excluding carboxylic acids is 1. The van der Waals surface area contributed by atoms with Crippen molar-refractivity contribution in [3.63, 3.8) is 0 Å². The molecule has 0 saturated heterocycles. The number of aromatic nitrogens is 3. The predicted molar refractivity (Wildman–Crippen MR) is 124 cm³/mol. The highest BCUT2D eigenvalue weighted by atomic mass is 35.5. The molecule has 0 unspecified atom stereocenters. The van der Waals surface area contributed by atoms with Gasteiger partial charge in [0, 0.05) is 35.4 Å². The second-order valence-electron chi connectivity index (χ2n) is 7.65. The van der Waals surface area contributed by atoms with Crippen LogP contribution in [0.25, 0.3) is 27.8 Å². The van der Waals surface area contributed by atoms with E-state index >= 15 is 0 Å². The van der Waals surface area contributed by atoms with E-state index in [2.05, 4.69) is 15.3 Å². The van der Waals surface area contributed by atoms with Crippen molar-refractivity contribution >= 4 is 34.1 Å². The van der Waals surface area contributed by atoms with E-state index in [1.54, 1.807) is 24.4 Å². The third kappa shape index (κ3) is 4.09. The summed E-state index contributed by atoms with van der Waals surface area (Å²) in [6.07, 6.45) is 4.52. The highest BCUT2D eigenvalue weighted by Gasteiger charge is 2.15. The predicted octanol–water partition coefficient (Wildman–Crippen LogP) is 5.52. The first kappa shape index (κ1) is 20.3. The minimum Gasteiger partial charge on any atom is -0.354 e. The molecule has 0 atom stereocenters. The van der Waals surface area contributed by atoms with Crippen molar-refractivity contribution in [3.05, 3.63) is 95.2 Å². The molecule has 0 bridgehead atoms. The summed E-state index contributed by atoms with van der Waals surface area (Å²) in [5.74, 6) is -0.338. The first-order valence-electron chi connectivity index (χ1n) is 10.3. The Kier molecular flexibility index (Phi) is 5.37. The van der Waals surface area contributed by atoms with Crippen LogP contribution in [0.15, 0.2) is 73.1 Å². The van der Waals surface area contributed by atoms with Crippen molar-refractivity contribution < 1.29 is 9.18 Å². The fraction of sp³-hybridized carbons (Fsp3) is 0.120. The van der Waals surface area contributed by atoms with E-state index in [0.29, 0.717) is 24.4 Å². The van der Waals surface area contributed by atoms with Crippen LogP contribution in [0.5, 0.6) is 0 Å². The first-order valence-corrected chi connectivity index (χ1v) is 10.7. The highest BCUT2D eigenvalue weighted by Crippen LogP contribution is 2.31. The SMILES string of the molecule is O=C(CCc1c(-c2ccc(F)cc2)[nH]c2ccccc12)NCc1cn2cc(Cl)ccc2n1. The van der Waals surface area contributed by atoms with Crippen LogP contribution in [0.1, 0.15) is 17.7 Å². The van der Waals surface area contributed by atoms with Gasteiger partial charge in [-0.1, -0.05) is 29.8 Å². The van der Waals surface area contributed by atoms with Gasteiger partial charge in [-0.3, -0.25) is 4.79 Å². The van der Waals surface area contributed by atoms with Crippen LogP contribution in [0.4, 0.5) is 4.39 Å². The molecule has 3 heterocycles. The van der Waals surface area contributed by atoms with Crippen LogP contribution in [-0.4, -0.2) is 20.3 Å². The van der Waals surface area contributed by atoms with Gasteiger partial charge in [0.05, 0.1) is 17.3 Å². The Labute approximate surface area is 188 Å². The van der Waals surface area contributed by atoms with E-state index in [4.69, 9.17) is 11.6 Å². The summed E-state index contributed by atoms with van der Waals surface area (Å²) < 4.78 is 15.2. The Hall–Kier alpha value is -3.64. The maximum atomic E-state index is 13.4. The second-order valence-corrected chi connectivity index (χ2v) is 8.09. The number of pyridine rings is 1. The normalized spacial score (nSPS) is 11.3. The molecule has 0 fully saturated rings. The Morgan fingerprint density at radius 3 is 2.72 bits per heavy atom. The first-order chi connectivity index (χ1) is 15.6. The average molecular weight is 447 g/mol. The van der Waals surface area contributed by atoms with Crippen molar-refractivity contribution in [1.29, 1.82) is 0 Å². The molecule has 0 aliphatic rings. The number of nitrogens with one attached hydrogen (secondary N) is 2. The minimum absolute atomic E-state index is 0.0598. The molecule has 0 radical (unpaired) electrons. The van der Waals surface area contributed by atoms with Gasteiger partial charge in [0.1, 0.15) is 11.5 Å². The van der Waals surface area contributed by atoms with Gasteiger partial charge in [0.2, 0.25) is 5.91 Å². The third-order valence-electron chi connectivity index (χ3n) is 5.48. The van der Waals surface area contributed by atoms with E-state index in [9.17, 15) is 9.18 Å². The lowest BCUT2D eigenvalue weighted by atomic mass is 10.0. The van der Waals surface area contributed by atoms with Crippen LogP contribution in [0.3, 0.4) is 0 Å². The fourth-order valence-electron chi connectivity index (χ4n) is 3.94. The van der Waals surface area contributed by atoms with Crippen molar-refractivity contribution in [2.24, 2.45) is 0 Å². The number of halogens is 2. The number of aryl methyl sites for hydroxylation is 1. The molecule has 5 nitrogen and oxygen atoms in total. The van der Waals surface area contributed by atoms with Crippen LogP contribution >= 0.6 is 11.6 Å². The average Bonchev–Trinajstić information content (AvgIpc) is 3.37. The van der Waals surface area contributed by atoms with E-state index in [0.717, 1.165) is 39.1 Å². The van der Waals surface area contributed by atoms with Crippen molar-refractivity contribution in [1.82, 2.24) is 19.7 Å². The van der Waals surface area contributed by atoms with Crippen LogP contribution < -0.4 is 5.32 Å². The molecule has 2 aromatic carbocycles. The number of carbonyl (C=O) groups is 1. The van der Waals surface area contributed by atoms with Gasteiger partial charge in [-0.05, 0) is 60.0 Å². The lowest BCUT2D eigenvalue weighted by Crippen LogP contribution is -2.23. The number of rotatable bonds is 6. The Morgan fingerprint density at radius 2 is 1.88 bits per heavy atom. The molecule has 5 rings (SSSR count). The lowest BCUT2D eigenvalue weighted by Gasteiger charge is -2.07. The van der Waals surface area contributed by atoms with E-state index in [1.165, 1.54) is 12.1 Å². The highest BCUT2D eigenvalue weighted by molar-refractivity contribution is 6.30. The Morgan fingerprint density at radius 1 is 1.06 bits per heavy atom. The molecule has 0 aliphatic carbocycles. The lowest BCUT2D eigenvalue weighted by molar-refractivity contribution is -0.121. The number of imidazole rings is 1. The topological polar surface area (TPSA) is 62.2 Å². The number of aromatic amines is 1. The number of hydrogen-bond acceptors (Lipinski definition) is 2. The number of hydrogen-bond donors (Lipinski definition) is 2. The van der Waals surface area contributed by atoms with Gasteiger partial charge < -0.3 is 14.7 Å². The monoisotopic (exact) mass is 446 g/mol. The number of benzene rings is 2. The molecular weight excluding hydrogens is 427 g/mol. The van der Waals surface area contributed by atoms with Gasteiger partial charge in [0.25, 0.3) is 0 Å². The van der Waals surface area contributed by atoms with Crippen LogP contribution in [0.2, 0.25) is 5.02 Å². The zero-order valence-electron chi connectivity index (χ0n) is 17.1. The van der Waals surface area contributed by atoms with Crippen molar-refractivity contribution in [3.8, 4) is 11.3 Å². The summed E-state index contributed by atoms with van der Waals surface area (Å²) in [6, 6.07) is 18.0. The van der Waals surface area contributed by atoms with Crippen molar-refractivity contribution in [2.75, 3.05) is 0 Å². The van der Waals surface area contributed by atoms with Crippen LogP contribution in [0, 0.1) is 5.82 Å². The van der Waals surface area contributed by atoms with Crippen LogP contribution in [-0.2, 0) is 17.8 Å². The Bertz CT molecular complexity index is 1420. The molecule has 0 saturated carbocycles. The summed E-state index contributed by atoms with van der Waals surface area (Å²) in [5, 5.41) is 4.64. The Balaban J connectivity index is 1.31. The van der Waals surface area contributed by atoms with Gasteiger partial charge in [-0.15, -0.1) is 0 Å². The smallest absolute Gasteiger partial charge is 0.220 e. The summed E-state index contributed by atoms with van der Waals surface area (Å²) in [5.41, 5.74) is 5.38. The number of amides is 1. The number of para-hydroxylation sites is 1. The van der Waals surface area contributed by atoms with Crippen molar-refractivity contribution in [2.45, 2.75) is 19.4 Å². The van der Waals surface area contributed by atoms with E-state index in [1.807, 2.05) is 40.9 Å². The summed E-state index contributed by atoms with van der Waals surface area (Å²) in [6.45, 7) is 0.344. The molecule has 7 heteroatoms. The molecule has 2 N–H and O–H groups in total. The third-order valence-corrected chi connectivity index (χ3v) is 5.70. The second kappa shape index (κ2) is 8.48. The number of nitrogens with zero attached hydrogens (tertiary/aromatic N) is 2. The molecule has 0 spiro atoms. The molecule has 0 aliphatic heterocycles. The van der Waals surface area contributed by atoms with Gasteiger partial charge in [0.15, 0.2) is 0 Å². The fourth-order valence-corrected chi connectivity index (χ4v) is 4.11. The minimum atomic E-state index is -0.278. The van der Waals surface area contributed by atoms with Gasteiger partial charge in [-0.25, -0.2) is 9.37 Å². The molecular formula is C25H20ClFN4O. The summed E-state index contributed by atoms with van der Waals surface area (Å²) in [4.78, 5) is 20.5. The zero-order valence-corrected chi connectivity index (χ0v) is 17.9. The van der Waals surface area contributed by atoms with E-state index in [-0.39, 0.29) is 11.7 Å². The standard InChI is InChI=1S/C25H20ClFN4O/c26-17-7-11-23-29-19(15-31(23)14-17)13-28-24(32)12-10-21-20-3-1-2-4-22(20)30-25(21)16-5-8-18(27)9-6-16/h1-9,11,14-15,30H,10,12-13H2,(H,28,32). The maximum absolute atomic E-state index is 13.4. The maximum Gasteiger partial charge on any atom is 0.220 e. The van der Waals surface area contributed by atoms with Gasteiger partial charge >= 0.3 is 0 Å². The van der Waals surface area contributed by atoms with E-state index < -0.39 is 0 Å². The largest absolute Gasteiger partial charge is 0.354 e. The number of fused-ring (bicyclic) bond motifs is 2. The summed E-state index contributed by atoms with van der Waals surface area (Å²) in [7, 11) is 0. The molecule has 32 heavy (non-hydrogen) atoms. The summed E-state index contributed by atoms with van der Waals surface area (Å²) >= 11 is 6.01. The molecule has 3 aromatic heterocycles. The van der Waals surface area contributed by atoms with Gasteiger partial charge in [-0.2, -0.15) is 0 Å².